The zero-order valence-electron chi connectivity index (χ0n) is 7.30. The van der Waals surface area contributed by atoms with Crippen LogP contribution in [0.25, 0.3) is 0 Å². The van der Waals surface area contributed by atoms with Crippen LogP contribution in [0.1, 0.15) is 0 Å². The van der Waals surface area contributed by atoms with Crippen LogP contribution in [0.3, 0.4) is 0 Å². The van der Waals surface area contributed by atoms with Crippen molar-refractivity contribution >= 4 is 0 Å². The molecule has 14 heavy (non-hydrogen) atoms. The van der Waals surface area contributed by atoms with Gasteiger partial charge in [0.1, 0.15) is 26.2 Å². The summed E-state index contributed by atoms with van der Waals surface area (Å²) in [7, 11) is 0. The highest BCUT2D eigenvalue weighted by Gasteiger charge is 2.31. The van der Waals surface area contributed by atoms with Gasteiger partial charge in [-0.25, -0.2) is 10.4 Å². The van der Waals surface area contributed by atoms with E-state index in [0.717, 1.165) is 0 Å². The van der Waals surface area contributed by atoms with Crippen LogP contribution in [-0.4, -0.2) is 67.0 Å². The largest absolute Gasteiger partial charge is 0.357 e. The molecule has 0 spiro atoms. The molecule has 0 amide bonds. The van der Waals surface area contributed by atoms with E-state index in [0.29, 0.717) is 36.1 Å². The number of piperazine rings is 1. The van der Waals surface area contributed by atoms with Gasteiger partial charge in [-0.3, -0.25) is 0 Å². The molecule has 0 radical (unpaired) electrons. The zero-order valence-corrected chi connectivity index (χ0v) is 7.30. The monoisotopic (exact) mass is 208 g/mol. The summed E-state index contributed by atoms with van der Waals surface area (Å²) in [5.41, 5.74) is 0. The van der Waals surface area contributed by atoms with Crippen LogP contribution < -0.4 is 0 Å². The summed E-state index contributed by atoms with van der Waals surface area (Å²) >= 11 is 0. The Morgan fingerprint density at radius 1 is 0.786 bits per heavy atom. The van der Waals surface area contributed by atoms with Crippen LogP contribution in [0.5, 0.6) is 0 Å². The SMILES string of the molecule is ON=[N+](O)N1CCN([N+](O)=NO)CC1. The minimum atomic E-state index is 0.313. The standard InChI is InChI=1S/C4H10N6O4/c11-5-9(13)7-1-2-8(4-3-7)10(14)6-12/h13-14H,1-4H2/p+2. The smallest absolute Gasteiger partial charge is 0.271 e. The Balaban J connectivity index is 2.46. The van der Waals surface area contributed by atoms with E-state index in [1.165, 1.54) is 10.0 Å². The van der Waals surface area contributed by atoms with E-state index in [9.17, 15) is 0 Å². The molecule has 1 saturated heterocycles. The highest BCUT2D eigenvalue weighted by atomic mass is 16.6. The number of hydrazine groups is 2. The van der Waals surface area contributed by atoms with Gasteiger partial charge in [-0.1, -0.05) is 0 Å². The highest BCUT2D eigenvalue weighted by Crippen LogP contribution is 2.01. The van der Waals surface area contributed by atoms with Crippen molar-refractivity contribution in [2.24, 2.45) is 10.6 Å². The molecule has 0 unspecified atom stereocenters. The molecule has 10 nitrogen and oxygen atoms in total. The Bertz CT molecular complexity index is 220. The first-order valence-corrected chi connectivity index (χ1v) is 3.86. The van der Waals surface area contributed by atoms with Crippen LogP contribution in [-0.2, 0) is 0 Å². The maximum Gasteiger partial charge on any atom is 0.271 e. The Labute approximate surface area is 78.6 Å². The lowest BCUT2D eigenvalue weighted by Crippen LogP contribution is -2.51. The third-order valence-corrected chi connectivity index (χ3v) is 1.90. The molecule has 0 saturated carbocycles. The predicted octanol–water partition coefficient (Wildman–Crippen LogP) is -1.08. The molecule has 1 heterocycles. The van der Waals surface area contributed by atoms with Crippen molar-refractivity contribution < 1.29 is 30.8 Å². The minimum absolute atomic E-state index is 0.313. The minimum Gasteiger partial charge on any atom is -0.357 e. The van der Waals surface area contributed by atoms with Crippen LogP contribution in [0.4, 0.5) is 0 Å². The molecule has 0 bridgehead atoms. The van der Waals surface area contributed by atoms with Gasteiger partial charge in [0.25, 0.3) is 20.5 Å². The number of hydrogen-bond donors (Lipinski definition) is 4. The van der Waals surface area contributed by atoms with Crippen molar-refractivity contribution in [3.8, 4) is 0 Å². The van der Waals surface area contributed by atoms with E-state index in [4.69, 9.17) is 20.8 Å². The average molecular weight is 208 g/mol. The molecule has 0 aromatic heterocycles. The topological polar surface area (TPSA) is 118 Å². The molecule has 1 fully saturated rings. The van der Waals surface area contributed by atoms with Gasteiger partial charge in [0.05, 0.1) is 0 Å². The molecule has 1 aliphatic heterocycles. The molecule has 1 rings (SSSR count). The molecule has 4 N–H and O–H groups in total. The van der Waals surface area contributed by atoms with E-state index in [-0.39, 0.29) is 0 Å². The highest BCUT2D eigenvalue weighted by molar-refractivity contribution is 4.57. The van der Waals surface area contributed by atoms with Gasteiger partial charge in [-0.15, -0.1) is 10.0 Å². The van der Waals surface area contributed by atoms with Crippen molar-refractivity contribution in [2.75, 3.05) is 26.2 Å². The molecule has 80 valence electrons. The zero-order chi connectivity index (χ0) is 10.6. The van der Waals surface area contributed by atoms with E-state index in [1.54, 1.807) is 0 Å². The number of nitrogens with zero attached hydrogens (tertiary/aromatic N) is 6. The molecule has 0 aromatic carbocycles. The predicted molar refractivity (Wildman–Crippen MR) is 35.7 cm³/mol. The van der Waals surface area contributed by atoms with E-state index < -0.39 is 0 Å². The summed E-state index contributed by atoms with van der Waals surface area (Å²) in [6.07, 6.45) is 0. The van der Waals surface area contributed by atoms with Gasteiger partial charge in [0.15, 0.2) is 0 Å². The van der Waals surface area contributed by atoms with Crippen LogP contribution in [0.15, 0.2) is 10.6 Å². The van der Waals surface area contributed by atoms with Gasteiger partial charge in [0, 0.05) is 0 Å². The second-order valence-corrected chi connectivity index (χ2v) is 2.62. The van der Waals surface area contributed by atoms with Crippen molar-refractivity contribution in [1.82, 2.24) is 10.0 Å². The third-order valence-electron chi connectivity index (χ3n) is 1.90. The van der Waals surface area contributed by atoms with Crippen molar-refractivity contribution in [3.63, 3.8) is 0 Å². The third kappa shape index (κ3) is 2.02. The Hall–Kier alpha value is -2.00. The molecule has 0 aromatic rings. The summed E-state index contributed by atoms with van der Waals surface area (Å²) in [5, 5.41) is 42.1. The van der Waals surface area contributed by atoms with Gasteiger partial charge in [-0.2, -0.15) is 0 Å². The second-order valence-electron chi connectivity index (χ2n) is 2.62. The first kappa shape index (κ1) is 10.1. The summed E-state index contributed by atoms with van der Waals surface area (Å²) in [4.78, 5) is 0.629. The summed E-state index contributed by atoms with van der Waals surface area (Å²) in [5.74, 6) is 0. The molecule has 0 aliphatic carbocycles. The average Bonchev–Trinajstić information content (AvgIpc) is 2.27. The molecular weight excluding hydrogens is 196 g/mol. The quantitative estimate of drug-likeness (QED) is 0.260. The first-order chi connectivity index (χ1) is 6.69. The van der Waals surface area contributed by atoms with Crippen molar-refractivity contribution in [3.05, 3.63) is 0 Å². The maximum atomic E-state index is 8.94. The number of rotatable bonds is 2. The fourth-order valence-corrected chi connectivity index (χ4v) is 1.16. The first-order valence-electron chi connectivity index (χ1n) is 3.86. The Morgan fingerprint density at radius 2 is 1.07 bits per heavy atom. The van der Waals surface area contributed by atoms with Gasteiger partial charge >= 0.3 is 0 Å². The van der Waals surface area contributed by atoms with Crippen LogP contribution in [0.2, 0.25) is 0 Å². The van der Waals surface area contributed by atoms with Crippen LogP contribution >= 0.6 is 0 Å². The van der Waals surface area contributed by atoms with Crippen molar-refractivity contribution in [1.29, 1.82) is 0 Å². The normalized spacial score (nSPS) is 20.0. The van der Waals surface area contributed by atoms with E-state index in [1.807, 2.05) is 0 Å². The summed E-state index contributed by atoms with van der Waals surface area (Å²) in [6.45, 7) is 1.25. The molecular formula is C4H12N6O4+2. The Kier molecular flexibility index (Phi) is 3.09. The van der Waals surface area contributed by atoms with Gasteiger partial charge in [0.2, 0.25) is 0 Å². The lowest BCUT2D eigenvalue weighted by atomic mass is 10.4. The van der Waals surface area contributed by atoms with Gasteiger partial charge < -0.3 is 10.4 Å². The van der Waals surface area contributed by atoms with Gasteiger partial charge in [-0.05, 0) is 0 Å². The molecule has 1 aliphatic rings. The van der Waals surface area contributed by atoms with Crippen molar-refractivity contribution in [2.45, 2.75) is 0 Å². The Morgan fingerprint density at radius 3 is 1.29 bits per heavy atom. The van der Waals surface area contributed by atoms with E-state index in [2.05, 4.69) is 10.6 Å². The summed E-state index contributed by atoms with van der Waals surface area (Å²) < 4.78 is 0. The lowest BCUT2D eigenvalue weighted by molar-refractivity contribution is -0.960. The number of hydrogen-bond acceptors (Lipinski definition) is 2. The van der Waals surface area contributed by atoms with Crippen LogP contribution in [0, 0.1) is 0 Å². The maximum absolute atomic E-state index is 8.94. The second kappa shape index (κ2) is 4.30. The molecule has 0 atom stereocenters. The fourth-order valence-electron chi connectivity index (χ4n) is 1.16. The summed E-state index contributed by atoms with van der Waals surface area (Å²) in [6, 6.07) is 0. The van der Waals surface area contributed by atoms with E-state index >= 15 is 0 Å². The molecule has 10 heteroatoms. The lowest BCUT2D eigenvalue weighted by Gasteiger charge is -2.21. The fraction of sp³-hybridized carbons (Fsp3) is 1.00.